The molecule has 5 aliphatic rings. The van der Waals surface area contributed by atoms with Gasteiger partial charge in [0.2, 0.25) is 0 Å². The molecular formula is C18H19NO4. The molecule has 5 nitrogen and oxygen atoms in total. The molecule has 6 rings (SSSR count). The van der Waals surface area contributed by atoms with Gasteiger partial charge in [0, 0.05) is 11.6 Å². The standard InChI is InChI=1S/C18H19NO4/c1-22-15(20)17-11-8-7-10-13(14(11)17)9-5-3-4-6-12(9)19-18(10,17)16(21)23-2/h3-6,10-11,13-14,19H,7-8H2,1-2H3. The fourth-order valence-corrected chi connectivity index (χ4v) is 6.44. The van der Waals surface area contributed by atoms with Gasteiger partial charge in [0.1, 0.15) is 5.41 Å². The van der Waals surface area contributed by atoms with E-state index in [0.29, 0.717) is 0 Å². The molecule has 1 aromatic carbocycles. The molecule has 6 bridgehead atoms. The third kappa shape index (κ3) is 1.12. The third-order valence-corrected chi connectivity index (χ3v) is 6.94. The maximum absolute atomic E-state index is 12.9. The van der Waals surface area contributed by atoms with E-state index in [9.17, 15) is 9.59 Å². The molecule has 1 N–H and O–H groups in total. The highest BCUT2D eigenvalue weighted by Crippen LogP contribution is 2.86. The van der Waals surface area contributed by atoms with Crippen molar-refractivity contribution in [3.63, 3.8) is 0 Å². The number of benzene rings is 1. The first-order chi connectivity index (χ1) is 11.1. The second-order valence-corrected chi connectivity index (χ2v) is 7.21. The van der Waals surface area contributed by atoms with Gasteiger partial charge in [0.05, 0.1) is 14.2 Å². The van der Waals surface area contributed by atoms with Crippen molar-refractivity contribution in [3.05, 3.63) is 29.8 Å². The van der Waals surface area contributed by atoms with E-state index in [2.05, 4.69) is 11.4 Å². The summed E-state index contributed by atoms with van der Waals surface area (Å²) < 4.78 is 10.4. The highest BCUT2D eigenvalue weighted by molar-refractivity contribution is 6.01. The Morgan fingerprint density at radius 3 is 2.52 bits per heavy atom. The van der Waals surface area contributed by atoms with Crippen LogP contribution in [0.4, 0.5) is 5.69 Å². The normalized spacial score (nSPS) is 43.9. The summed E-state index contributed by atoms with van der Waals surface area (Å²) in [4.78, 5) is 25.7. The molecule has 23 heavy (non-hydrogen) atoms. The van der Waals surface area contributed by atoms with Crippen molar-refractivity contribution >= 4 is 17.6 Å². The average molecular weight is 313 g/mol. The number of carbonyl (C=O) groups excluding carboxylic acids is 2. The molecule has 0 radical (unpaired) electrons. The fraction of sp³-hybridized carbons (Fsp3) is 0.556. The predicted molar refractivity (Wildman–Crippen MR) is 81.7 cm³/mol. The van der Waals surface area contributed by atoms with E-state index in [-0.39, 0.29) is 35.6 Å². The highest BCUT2D eigenvalue weighted by atomic mass is 16.5. The Bertz CT molecular complexity index is 746. The van der Waals surface area contributed by atoms with Crippen LogP contribution >= 0.6 is 0 Å². The minimum absolute atomic E-state index is 0.0962. The van der Waals surface area contributed by atoms with Gasteiger partial charge in [-0.3, -0.25) is 4.79 Å². The molecule has 0 aromatic heterocycles. The van der Waals surface area contributed by atoms with Crippen LogP contribution in [-0.2, 0) is 19.1 Å². The van der Waals surface area contributed by atoms with E-state index in [1.807, 2.05) is 18.2 Å². The summed E-state index contributed by atoms with van der Waals surface area (Å²) in [6.07, 6.45) is 1.94. The Labute approximate surface area is 134 Å². The zero-order valence-corrected chi connectivity index (χ0v) is 13.2. The van der Waals surface area contributed by atoms with Crippen LogP contribution in [0.3, 0.4) is 0 Å². The fourth-order valence-electron chi connectivity index (χ4n) is 6.44. The first-order valence-corrected chi connectivity index (χ1v) is 8.18. The molecule has 1 heterocycles. The smallest absolute Gasteiger partial charge is 0.333 e. The predicted octanol–water partition coefficient (Wildman–Crippen LogP) is 1.94. The molecule has 0 spiro atoms. The first kappa shape index (κ1) is 13.4. The number of hydrogen-bond acceptors (Lipinski definition) is 5. The Morgan fingerprint density at radius 2 is 1.78 bits per heavy atom. The van der Waals surface area contributed by atoms with E-state index in [4.69, 9.17) is 9.47 Å². The molecule has 1 aliphatic heterocycles. The van der Waals surface area contributed by atoms with Gasteiger partial charge >= 0.3 is 11.9 Å². The average Bonchev–Trinajstić information content (AvgIpc) is 3.27. The van der Waals surface area contributed by atoms with Gasteiger partial charge in [-0.2, -0.15) is 0 Å². The van der Waals surface area contributed by atoms with Crippen molar-refractivity contribution in [1.82, 2.24) is 0 Å². The van der Waals surface area contributed by atoms with Crippen LogP contribution in [0.1, 0.15) is 24.3 Å². The topological polar surface area (TPSA) is 64.6 Å². The Morgan fingerprint density at radius 1 is 1.09 bits per heavy atom. The Hall–Kier alpha value is -2.04. The van der Waals surface area contributed by atoms with Gasteiger partial charge in [-0.05, 0) is 42.2 Å². The lowest BCUT2D eigenvalue weighted by atomic mass is 9.60. The molecule has 6 unspecified atom stereocenters. The molecular weight excluding hydrogens is 294 g/mol. The third-order valence-electron chi connectivity index (χ3n) is 6.94. The van der Waals surface area contributed by atoms with E-state index in [1.54, 1.807) is 0 Å². The second kappa shape index (κ2) is 3.89. The molecule has 0 amide bonds. The van der Waals surface area contributed by atoms with Crippen molar-refractivity contribution in [2.24, 2.45) is 23.2 Å². The van der Waals surface area contributed by atoms with Crippen LogP contribution in [0.15, 0.2) is 24.3 Å². The van der Waals surface area contributed by atoms with Gasteiger partial charge in [-0.1, -0.05) is 18.2 Å². The van der Waals surface area contributed by atoms with Gasteiger partial charge in [0.25, 0.3) is 0 Å². The number of carbonyl (C=O) groups is 2. The summed E-state index contributed by atoms with van der Waals surface area (Å²) in [6, 6.07) is 8.09. The lowest BCUT2D eigenvalue weighted by Crippen LogP contribution is -2.64. The number of ether oxygens (including phenoxy) is 2. The maximum atomic E-state index is 12.9. The van der Waals surface area contributed by atoms with Crippen LogP contribution in [-0.4, -0.2) is 31.7 Å². The number of para-hydroxylation sites is 1. The lowest BCUT2D eigenvalue weighted by molar-refractivity contribution is -0.164. The second-order valence-electron chi connectivity index (χ2n) is 7.21. The quantitative estimate of drug-likeness (QED) is 0.845. The summed E-state index contributed by atoms with van der Waals surface area (Å²) in [5.74, 6) is 0.153. The zero-order chi connectivity index (χ0) is 16.0. The van der Waals surface area contributed by atoms with E-state index in [1.165, 1.54) is 19.8 Å². The summed E-state index contributed by atoms with van der Waals surface area (Å²) in [5.41, 5.74) is 0.452. The Balaban J connectivity index is 1.79. The van der Waals surface area contributed by atoms with Crippen LogP contribution in [0.2, 0.25) is 0 Å². The minimum atomic E-state index is -0.971. The number of anilines is 1. The van der Waals surface area contributed by atoms with Gasteiger partial charge in [-0.25, -0.2) is 4.79 Å². The molecule has 4 fully saturated rings. The minimum Gasteiger partial charge on any atom is -0.468 e. The number of nitrogens with one attached hydrogen (secondary N) is 1. The zero-order valence-electron chi connectivity index (χ0n) is 13.2. The first-order valence-electron chi connectivity index (χ1n) is 8.18. The van der Waals surface area contributed by atoms with E-state index >= 15 is 0 Å². The van der Waals surface area contributed by atoms with Crippen molar-refractivity contribution in [2.75, 3.05) is 19.5 Å². The van der Waals surface area contributed by atoms with Gasteiger partial charge in [-0.15, -0.1) is 0 Å². The van der Waals surface area contributed by atoms with Crippen LogP contribution in [0.25, 0.3) is 0 Å². The molecule has 120 valence electrons. The van der Waals surface area contributed by atoms with Crippen LogP contribution in [0, 0.1) is 23.2 Å². The monoisotopic (exact) mass is 313 g/mol. The number of methoxy groups -OCH3 is 2. The number of hydrogen-bond donors (Lipinski definition) is 1. The molecule has 6 atom stereocenters. The lowest BCUT2D eigenvalue weighted by Gasteiger charge is -2.50. The molecule has 0 saturated heterocycles. The van der Waals surface area contributed by atoms with Crippen molar-refractivity contribution in [1.29, 1.82) is 0 Å². The van der Waals surface area contributed by atoms with E-state index in [0.717, 1.165) is 18.5 Å². The number of esters is 2. The van der Waals surface area contributed by atoms with Gasteiger partial charge < -0.3 is 14.8 Å². The summed E-state index contributed by atoms with van der Waals surface area (Å²) in [7, 11) is 2.82. The molecule has 5 heteroatoms. The van der Waals surface area contributed by atoms with Crippen molar-refractivity contribution < 1.29 is 19.1 Å². The molecule has 4 saturated carbocycles. The number of fused-ring (bicyclic) bond motifs is 2. The summed E-state index contributed by atoms with van der Waals surface area (Å²) in [6.45, 7) is 0. The maximum Gasteiger partial charge on any atom is 0.333 e. The van der Waals surface area contributed by atoms with Crippen molar-refractivity contribution in [2.45, 2.75) is 24.3 Å². The Kier molecular flexibility index (Phi) is 2.27. The molecule has 4 aliphatic carbocycles. The highest BCUT2D eigenvalue weighted by Gasteiger charge is 2.93. The summed E-state index contributed by atoms with van der Waals surface area (Å²) in [5, 5.41) is 3.46. The van der Waals surface area contributed by atoms with Crippen LogP contribution in [0.5, 0.6) is 0 Å². The number of rotatable bonds is 2. The van der Waals surface area contributed by atoms with Crippen molar-refractivity contribution in [3.8, 4) is 0 Å². The molecule has 1 aromatic rings. The van der Waals surface area contributed by atoms with Crippen LogP contribution < -0.4 is 5.32 Å². The largest absolute Gasteiger partial charge is 0.468 e. The van der Waals surface area contributed by atoms with Gasteiger partial charge in [0.15, 0.2) is 5.54 Å². The van der Waals surface area contributed by atoms with E-state index < -0.39 is 11.0 Å². The summed E-state index contributed by atoms with van der Waals surface area (Å²) >= 11 is 0. The SMILES string of the molecule is COC(=O)C12Nc3ccccc3C3C1CCC1C3C12C(=O)OC.